The number of carboxylic acid groups (broad SMARTS) is 1. The molecule has 1 aromatic rings. The lowest BCUT2D eigenvalue weighted by Crippen LogP contribution is -2.28. The first kappa shape index (κ1) is 13.5. The average molecular weight is 237 g/mol. The topological polar surface area (TPSA) is 49.8 Å². The number of aryl methyl sites for hydroxylation is 1. The van der Waals surface area contributed by atoms with Crippen LogP contribution in [0.25, 0.3) is 0 Å². The van der Waals surface area contributed by atoms with Crippen LogP contribution in [-0.4, -0.2) is 37.9 Å². The Balaban J connectivity index is 3.06. The third kappa shape index (κ3) is 3.46. The van der Waals surface area contributed by atoms with Crippen LogP contribution in [0, 0.1) is 6.92 Å². The zero-order chi connectivity index (χ0) is 12.8. The lowest BCUT2D eigenvalue weighted by Gasteiger charge is -2.24. The lowest BCUT2D eigenvalue weighted by molar-refractivity contribution is 0.0697. The molecule has 0 aliphatic heterocycles. The molecule has 0 aliphatic rings. The molecule has 0 heterocycles. The van der Waals surface area contributed by atoms with E-state index in [2.05, 4.69) is 0 Å². The molecule has 1 rings (SSSR count). The molecule has 17 heavy (non-hydrogen) atoms. The number of likely N-dealkylation sites (N-methyl/N-ethyl adjacent to an activating group) is 1. The van der Waals surface area contributed by atoms with Crippen molar-refractivity contribution in [2.24, 2.45) is 0 Å². The van der Waals surface area contributed by atoms with Gasteiger partial charge in [0.15, 0.2) is 0 Å². The quantitative estimate of drug-likeness (QED) is 0.823. The fourth-order valence-electron chi connectivity index (χ4n) is 1.73. The fourth-order valence-corrected chi connectivity index (χ4v) is 1.73. The standard InChI is InChI=1S/C13H19NO3/c1-4-14(7-8-17-3)12-9-10(2)5-6-11(12)13(15)16/h5-6,9H,4,7-8H2,1-3H3,(H,15,16). The first-order valence-corrected chi connectivity index (χ1v) is 5.68. The Hall–Kier alpha value is -1.55. The van der Waals surface area contributed by atoms with Crippen molar-refractivity contribution in [2.45, 2.75) is 13.8 Å². The molecule has 0 aromatic heterocycles. The number of carbonyl (C=O) groups is 1. The summed E-state index contributed by atoms with van der Waals surface area (Å²) in [5, 5.41) is 9.17. The summed E-state index contributed by atoms with van der Waals surface area (Å²) < 4.78 is 5.04. The van der Waals surface area contributed by atoms with Gasteiger partial charge in [-0.05, 0) is 31.5 Å². The summed E-state index contributed by atoms with van der Waals surface area (Å²) in [7, 11) is 1.64. The maximum atomic E-state index is 11.2. The summed E-state index contributed by atoms with van der Waals surface area (Å²) in [6.07, 6.45) is 0. The first-order valence-electron chi connectivity index (χ1n) is 5.68. The van der Waals surface area contributed by atoms with Gasteiger partial charge in [0.25, 0.3) is 0 Å². The number of hydrogen-bond acceptors (Lipinski definition) is 3. The number of nitrogens with zero attached hydrogens (tertiary/aromatic N) is 1. The van der Waals surface area contributed by atoms with E-state index in [0.29, 0.717) is 18.7 Å². The molecule has 1 aromatic carbocycles. The maximum Gasteiger partial charge on any atom is 0.337 e. The predicted octanol–water partition coefficient (Wildman–Crippen LogP) is 2.17. The Morgan fingerprint density at radius 3 is 2.71 bits per heavy atom. The number of hydrogen-bond donors (Lipinski definition) is 1. The second kappa shape index (κ2) is 6.25. The van der Waals surface area contributed by atoms with Gasteiger partial charge >= 0.3 is 5.97 Å². The Morgan fingerprint density at radius 1 is 1.47 bits per heavy atom. The molecule has 0 bridgehead atoms. The summed E-state index contributed by atoms with van der Waals surface area (Å²) >= 11 is 0. The van der Waals surface area contributed by atoms with Gasteiger partial charge in [0.05, 0.1) is 17.9 Å². The second-order valence-corrected chi connectivity index (χ2v) is 3.90. The zero-order valence-electron chi connectivity index (χ0n) is 10.6. The van der Waals surface area contributed by atoms with Crippen LogP contribution in [0.15, 0.2) is 18.2 Å². The highest BCUT2D eigenvalue weighted by atomic mass is 16.5. The highest BCUT2D eigenvalue weighted by Crippen LogP contribution is 2.22. The highest BCUT2D eigenvalue weighted by molar-refractivity contribution is 5.94. The summed E-state index contributed by atoms with van der Waals surface area (Å²) in [5.74, 6) is -0.893. The SMILES string of the molecule is CCN(CCOC)c1cc(C)ccc1C(=O)O. The van der Waals surface area contributed by atoms with Crippen molar-refractivity contribution < 1.29 is 14.6 Å². The molecule has 4 nitrogen and oxygen atoms in total. The Labute approximate surface area is 102 Å². The van der Waals surface area contributed by atoms with Gasteiger partial charge in [0, 0.05) is 20.2 Å². The summed E-state index contributed by atoms with van der Waals surface area (Å²) in [6.45, 7) is 5.99. The van der Waals surface area contributed by atoms with Gasteiger partial charge in [-0.3, -0.25) is 0 Å². The molecule has 0 spiro atoms. The minimum Gasteiger partial charge on any atom is -0.478 e. The van der Waals surface area contributed by atoms with Crippen molar-refractivity contribution >= 4 is 11.7 Å². The highest BCUT2D eigenvalue weighted by Gasteiger charge is 2.14. The summed E-state index contributed by atoms with van der Waals surface area (Å²) in [5.41, 5.74) is 2.16. The van der Waals surface area contributed by atoms with E-state index in [4.69, 9.17) is 9.84 Å². The van der Waals surface area contributed by atoms with Crippen LogP contribution < -0.4 is 4.90 Å². The predicted molar refractivity (Wildman–Crippen MR) is 67.9 cm³/mol. The van der Waals surface area contributed by atoms with Crippen molar-refractivity contribution in [1.29, 1.82) is 0 Å². The Kier molecular flexibility index (Phi) is 4.97. The van der Waals surface area contributed by atoms with E-state index in [-0.39, 0.29) is 0 Å². The molecule has 4 heteroatoms. The third-order valence-electron chi connectivity index (χ3n) is 2.67. The van der Waals surface area contributed by atoms with E-state index in [9.17, 15) is 4.79 Å². The van der Waals surface area contributed by atoms with Gasteiger partial charge in [-0.1, -0.05) is 6.07 Å². The van der Waals surface area contributed by atoms with E-state index >= 15 is 0 Å². The van der Waals surface area contributed by atoms with E-state index in [1.807, 2.05) is 30.9 Å². The first-order chi connectivity index (χ1) is 8.10. The molecule has 1 N–H and O–H groups in total. The number of anilines is 1. The molecule has 0 saturated heterocycles. The van der Waals surface area contributed by atoms with Gasteiger partial charge < -0.3 is 14.7 Å². The number of benzene rings is 1. The van der Waals surface area contributed by atoms with Gasteiger partial charge in [0.2, 0.25) is 0 Å². The molecule has 0 aliphatic carbocycles. The zero-order valence-corrected chi connectivity index (χ0v) is 10.6. The van der Waals surface area contributed by atoms with Crippen LogP contribution in [-0.2, 0) is 4.74 Å². The maximum absolute atomic E-state index is 11.2. The van der Waals surface area contributed by atoms with Gasteiger partial charge in [-0.2, -0.15) is 0 Å². The molecule has 0 saturated carbocycles. The van der Waals surface area contributed by atoms with Crippen molar-refractivity contribution in [2.75, 3.05) is 31.7 Å². The van der Waals surface area contributed by atoms with Gasteiger partial charge in [-0.15, -0.1) is 0 Å². The largest absolute Gasteiger partial charge is 0.478 e. The van der Waals surface area contributed by atoms with Crippen LogP contribution in [0.4, 0.5) is 5.69 Å². The van der Waals surface area contributed by atoms with E-state index in [0.717, 1.165) is 17.8 Å². The molecule has 0 unspecified atom stereocenters. The van der Waals surface area contributed by atoms with Crippen molar-refractivity contribution in [3.05, 3.63) is 29.3 Å². The fraction of sp³-hybridized carbons (Fsp3) is 0.462. The van der Waals surface area contributed by atoms with Crippen LogP contribution in [0.5, 0.6) is 0 Å². The van der Waals surface area contributed by atoms with Crippen LogP contribution in [0.2, 0.25) is 0 Å². The van der Waals surface area contributed by atoms with Gasteiger partial charge in [0.1, 0.15) is 0 Å². The second-order valence-electron chi connectivity index (χ2n) is 3.90. The van der Waals surface area contributed by atoms with Crippen molar-refractivity contribution in [1.82, 2.24) is 0 Å². The van der Waals surface area contributed by atoms with E-state index in [1.165, 1.54) is 0 Å². The Bertz CT molecular complexity index is 390. The van der Waals surface area contributed by atoms with Crippen molar-refractivity contribution in [3.63, 3.8) is 0 Å². The number of ether oxygens (including phenoxy) is 1. The molecule has 0 fully saturated rings. The normalized spacial score (nSPS) is 10.3. The Morgan fingerprint density at radius 2 is 2.18 bits per heavy atom. The minimum atomic E-state index is -0.893. The number of aromatic carboxylic acids is 1. The van der Waals surface area contributed by atoms with Crippen LogP contribution in [0.1, 0.15) is 22.8 Å². The van der Waals surface area contributed by atoms with Crippen LogP contribution in [0.3, 0.4) is 0 Å². The minimum absolute atomic E-state index is 0.341. The molecule has 0 amide bonds. The average Bonchev–Trinajstić information content (AvgIpc) is 2.29. The lowest BCUT2D eigenvalue weighted by atomic mass is 10.1. The van der Waals surface area contributed by atoms with E-state index in [1.54, 1.807) is 13.2 Å². The summed E-state index contributed by atoms with van der Waals surface area (Å²) in [4.78, 5) is 13.2. The third-order valence-corrected chi connectivity index (χ3v) is 2.67. The molecular weight excluding hydrogens is 218 g/mol. The number of methoxy groups -OCH3 is 1. The smallest absolute Gasteiger partial charge is 0.337 e. The molecular formula is C13H19NO3. The summed E-state index contributed by atoms with van der Waals surface area (Å²) in [6, 6.07) is 5.38. The molecule has 94 valence electrons. The van der Waals surface area contributed by atoms with Crippen LogP contribution >= 0.6 is 0 Å². The molecule has 0 radical (unpaired) electrons. The van der Waals surface area contributed by atoms with Gasteiger partial charge in [-0.25, -0.2) is 4.79 Å². The number of rotatable bonds is 6. The monoisotopic (exact) mass is 237 g/mol. The van der Waals surface area contributed by atoms with E-state index < -0.39 is 5.97 Å². The molecule has 0 atom stereocenters. The van der Waals surface area contributed by atoms with Crippen molar-refractivity contribution in [3.8, 4) is 0 Å². The number of carboxylic acids is 1.